The number of fused-ring (bicyclic) bond motifs is 8. The van der Waals surface area contributed by atoms with Gasteiger partial charge in [0.05, 0.1) is 29.0 Å². The molecule has 178 valence electrons. The third kappa shape index (κ3) is 2.92. The Morgan fingerprint density at radius 1 is 0.778 bits per heavy atom. The van der Waals surface area contributed by atoms with E-state index < -0.39 is 0 Å². The first-order valence-electron chi connectivity index (χ1n) is 13.3. The van der Waals surface area contributed by atoms with Crippen molar-refractivity contribution in [3.8, 4) is 11.3 Å². The molecule has 6 aromatic rings. The van der Waals surface area contributed by atoms with E-state index in [1.165, 1.54) is 86.5 Å². The van der Waals surface area contributed by atoms with Gasteiger partial charge in [-0.05, 0) is 86.1 Å². The van der Waals surface area contributed by atoms with Crippen LogP contribution in [0.1, 0.15) is 53.9 Å². The Hall–Kier alpha value is -3.72. The molecule has 0 unspecified atom stereocenters. The number of pyridine rings is 2. The average Bonchev–Trinajstić information content (AvgIpc) is 3.51. The molecule has 0 radical (unpaired) electrons. The molecule has 0 aliphatic heterocycles. The number of aromatic nitrogens is 3. The van der Waals surface area contributed by atoms with Crippen molar-refractivity contribution in [3.63, 3.8) is 0 Å². The number of hydrogen-bond donors (Lipinski definition) is 0. The zero-order chi connectivity index (χ0) is 24.6. The zero-order valence-electron chi connectivity index (χ0n) is 21.6. The molecule has 3 nitrogen and oxygen atoms in total. The molecule has 0 amide bonds. The van der Waals surface area contributed by atoms with E-state index in [1.807, 2.05) is 0 Å². The van der Waals surface area contributed by atoms with Crippen molar-refractivity contribution in [2.75, 3.05) is 0 Å². The predicted octanol–water partition coefficient (Wildman–Crippen LogP) is 7.87. The van der Waals surface area contributed by atoms with E-state index in [0.29, 0.717) is 5.92 Å². The van der Waals surface area contributed by atoms with Crippen LogP contribution < -0.4 is 4.57 Å². The second-order valence-electron chi connectivity index (χ2n) is 10.7. The SMILES string of the molecule is Cc1cccc(C)c1-c1cc(C)c2c(n1)c1c(C3CCCC3)cccc1n1c3ccccc3[n+](C)c21. The number of imidazole rings is 1. The fraction of sp³-hybridized carbons (Fsp3) is 0.273. The Morgan fingerprint density at radius 2 is 1.47 bits per heavy atom. The van der Waals surface area contributed by atoms with Gasteiger partial charge in [-0.1, -0.05) is 55.3 Å². The molecule has 36 heavy (non-hydrogen) atoms. The summed E-state index contributed by atoms with van der Waals surface area (Å²) in [7, 11) is 2.20. The van der Waals surface area contributed by atoms with Crippen LogP contribution in [-0.2, 0) is 7.05 Å². The quantitative estimate of drug-likeness (QED) is 0.186. The van der Waals surface area contributed by atoms with Crippen LogP contribution in [-0.4, -0.2) is 9.38 Å². The first-order chi connectivity index (χ1) is 17.5. The minimum absolute atomic E-state index is 0.607. The summed E-state index contributed by atoms with van der Waals surface area (Å²) in [6, 6.07) is 24.6. The van der Waals surface area contributed by atoms with Gasteiger partial charge in [-0.15, -0.1) is 0 Å². The lowest BCUT2D eigenvalue weighted by Crippen LogP contribution is -2.27. The van der Waals surface area contributed by atoms with Gasteiger partial charge < -0.3 is 0 Å². The van der Waals surface area contributed by atoms with Crippen molar-refractivity contribution in [1.29, 1.82) is 0 Å². The van der Waals surface area contributed by atoms with E-state index >= 15 is 0 Å². The van der Waals surface area contributed by atoms with Gasteiger partial charge in [0.2, 0.25) is 0 Å². The van der Waals surface area contributed by atoms with E-state index in [4.69, 9.17) is 4.98 Å². The number of aryl methyl sites for hydroxylation is 4. The summed E-state index contributed by atoms with van der Waals surface area (Å²) in [5.74, 6) is 0.607. The van der Waals surface area contributed by atoms with Gasteiger partial charge in [0.1, 0.15) is 5.52 Å². The molecule has 1 fully saturated rings. The maximum absolute atomic E-state index is 5.52. The van der Waals surface area contributed by atoms with Crippen molar-refractivity contribution in [1.82, 2.24) is 9.38 Å². The number of nitrogens with zero attached hydrogens (tertiary/aromatic N) is 3. The molecule has 1 aliphatic carbocycles. The molecule has 3 aromatic carbocycles. The highest BCUT2D eigenvalue weighted by atomic mass is 15.1. The third-order valence-electron chi connectivity index (χ3n) is 8.54. The summed E-state index contributed by atoms with van der Waals surface area (Å²) < 4.78 is 4.84. The van der Waals surface area contributed by atoms with Crippen molar-refractivity contribution >= 4 is 38.5 Å². The molecule has 3 heteroatoms. The number of hydrogen-bond acceptors (Lipinski definition) is 1. The summed E-state index contributed by atoms with van der Waals surface area (Å²) in [5, 5.41) is 2.60. The standard InChI is InChI=1S/C33H32N3/c1-20-11-9-12-21(2)29(20)25-19-22(3)30-32(34-25)31-24(23-13-5-6-14-23)15-10-18-28(31)36-27-17-8-7-16-26(27)35(4)33(30)36/h7-12,15-19,23H,5-6,13-14H2,1-4H3/q+1. The maximum Gasteiger partial charge on any atom is 0.297 e. The summed E-state index contributed by atoms with van der Waals surface area (Å²) in [6.07, 6.45) is 5.19. The fourth-order valence-electron chi connectivity index (χ4n) is 6.90. The lowest BCUT2D eigenvalue weighted by molar-refractivity contribution is -0.617. The number of para-hydroxylation sites is 2. The molecule has 3 heterocycles. The fourth-order valence-corrected chi connectivity index (χ4v) is 6.90. The molecule has 3 aromatic heterocycles. The second kappa shape index (κ2) is 7.89. The van der Waals surface area contributed by atoms with Crippen LogP contribution in [0.4, 0.5) is 0 Å². The van der Waals surface area contributed by atoms with E-state index in [2.05, 4.69) is 104 Å². The smallest absolute Gasteiger partial charge is 0.247 e. The van der Waals surface area contributed by atoms with Crippen LogP contribution in [0.3, 0.4) is 0 Å². The molecular formula is C33H32N3+. The van der Waals surface area contributed by atoms with Gasteiger partial charge in [-0.2, -0.15) is 4.40 Å². The Bertz CT molecular complexity index is 1810. The Morgan fingerprint density at radius 3 is 2.25 bits per heavy atom. The summed E-state index contributed by atoms with van der Waals surface area (Å²) >= 11 is 0. The van der Waals surface area contributed by atoms with Gasteiger partial charge >= 0.3 is 0 Å². The van der Waals surface area contributed by atoms with E-state index in [1.54, 1.807) is 0 Å². The molecule has 7 rings (SSSR count). The minimum atomic E-state index is 0.607. The van der Waals surface area contributed by atoms with E-state index in [0.717, 1.165) is 11.2 Å². The van der Waals surface area contributed by atoms with Crippen LogP contribution in [0.5, 0.6) is 0 Å². The Kier molecular flexibility index (Phi) is 4.73. The molecule has 0 N–H and O–H groups in total. The van der Waals surface area contributed by atoms with Crippen molar-refractivity contribution in [3.05, 3.63) is 89.0 Å². The van der Waals surface area contributed by atoms with Crippen molar-refractivity contribution in [2.24, 2.45) is 7.05 Å². The molecule has 1 saturated carbocycles. The van der Waals surface area contributed by atoms with Gasteiger partial charge in [0, 0.05) is 5.56 Å². The van der Waals surface area contributed by atoms with Gasteiger partial charge in [0.25, 0.3) is 5.65 Å². The minimum Gasteiger partial charge on any atom is -0.247 e. The predicted molar refractivity (Wildman–Crippen MR) is 150 cm³/mol. The Labute approximate surface area is 212 Å². The maximum atomic E-state index is 5.52. The summed E-state index contributed by atoms with van der Waals surface area (Å²) in [6.45, 7) is 6.67. The van der Waals surface area contributed by atoms with Gasteiger partial charge in [0.15, 0.2) is 11.0 Å². The molecule has 0 saturated heterocycles. The van der Waals surface area contributed by atoms with Crippen molar-refractivity contribution in [2.45, 2.75) is 52.4 Å². The molecular weight excluding hydrogens is 438 g/mol. The lowest BCUT2D eigenvalue weighted by Gasteiger charge is -2.17. The van der Waals surface area contributed by atoms with Gasteiger partial charge in [-0.3, -0.25) is 0 Å². The molecule has 1 aliphatic rings. The van der Waals surface area contributed by atoms with Crippen molar-refractivity contribution < 1.29 is 4.57 Å². The lowest BCUT2D eigenvalue weighted by atomic mass is 9.91. The molecule has 0 atom stereocenters. The van der Waals surface area contributed by atoms with E-state index in [-0.39, 0.29) is 0 Å². The molecule has 0 spiro atoms. The van der Waals surface area contributed by atoms with Crippen LogP contribution in [0, 0.1) is 20.8 Å². The highest BCUT2D eigenvalue weighted by Gasteiger charge is 2.29. The largest absolute Gasteiger partial charge is 0.297 e. The highest BCUT2D eigenvalue weighted by Crippen LogP contribution is 2.42. The normalized spacial score (nSPS) is 14.7. The Balaban J connectivity index is 1.74. The number of rotatable bonds is 2. The van der Waals surface area contributed by atoms with Crippen LogP contribution in [0.2, 0.25) is 0 Å². The monoisotopic (exact) mass is 470 g/mol. The zero-order valence-corrected chi connectivity index (χ0v) is 21.6. The van der Waals surface area contributed by atoms with Crippen LogP contribution >= 0.6 is 0 Å². The second-order valence-corrected chi connectivity index (χ2v) is 10.7. The third-order valence-corrected chi connectivity index (χ3v) is 8.54. The summed E-state index contributed by atoms with van der Waals surface area (Å²) in [4.78, 5) is 5.52. The first kappa shape index (κ1) is 21.6. The van der Waals surface area contributed by atoms with E-state index in [9.17, 15) is 0 Å². The number of benzene rings is 3. The van der Waals surface area contributed by atoms with Crippen LogP contribution in [0.25, 0.3) is 49.7 Å². The topological polar surface area (TPSA) is 21.2 Å². The average molecular weight is 471 g/mol. The molecule has 0 bridgehead atoms. The van der Waals surface area contributed by atoms with Gasteiger partial charge in [-0.25, -0.2) is 9.55 Å². The van der Waals surface area contributed by atoms with Crippen LogP contribution in [0.15, 0.2) is 66.7 Å². The summed E-state index contributed by atoms with van der Waals surface area (Å²) in [5.41, 5.74) is 13.8. The highest BCUT2D eigenvalue weighted by molar-refractivity contribution is 6.13. The first-order valence-corrected chi connectivity index (χ1v) is 13.3.